The van der Waals surface area contributed by atoms with Gasteiger partial charge >= 0.3 is 0 Å². The van der Waals surface area contributed by atoms with Crippen LogP contribution in [0.5, 0.6) is 0 Å². The highest BCUT2D eigenvalue weighted by molar-refractivity contribution is 7.22. The largest absolute Gasteiger partial charge is 0.456 e. The maximum atomic E-state index is 13.3. The van der Waals surface area contributed by atoms with E-state index in [1.54, 1.807) is 11.0 Å². The van der Waals surface area contributed by atoms with Crippen molar-refractivity contribution in [2.45, 2.75) is 33.7 Å². The molecule has 0 aliphatic rings. The number of aryl methyl sites for hydroxylation is 4. The number of halogens is 1. The zero-order valence-electron chi connectivity index (χ0n) is 16.6. The number of amides is 1. The molecule has 3 heterocycles. The Balaban J connectivity index is 1.67. The van der Waals surface area contributed by atoms with Gasteiger partial charge in [-0.1, -0.05) is 22.9 Å². The summed E-state index contributed by atoms with van der Waals surface area (Å²) in [5.41, 5.74) is 2.84. The number of aromatic nitrogens is 2. The lowest BCUT2D eigenvalue weighted by molar-refractivity contribution is 0.0958. The molecular weight excluding hydrogens is 406 g/mol. The van der Waals surface area contributed by atoms with E-state index in [-0.39, 0.29) is 5.91 Å². The van der Waals surface area contributed by atoms with Crippen LogP contribution in [0.1, 0.15) is 33.9 Å². The van der Waals surface area contributed by atoms with Gasteiger partial charge in [-0.05, 0) is 68.7 Å². The van der Waals surface area contributed by atoms with E-state index in [1.165, 1.54) is 11.3 Å². The number of hydrogen-bond donors (Lipinski definition) is 0. The molecule has 0 radical (unpaired) electrons. The van der Waals surface area contributed by atoms with Crippen LogP contribution in [0.4, 0.5) is 5.13 Å². The Morgan fingerprint density at radius 1 is 1.17 bits per heavy atom. The zero-order valence-corrected chi connectivity index (χ0v) is 18.2. The molecule has 0 saturated carbocycles. The molecule has 4 aromatic rings. The maximum Gasteiger partial charge on any atom is 0.295 e. The van der Waals surface area contributed by atoms with Crippen molar-refractivity contribution in [3.63, 3.8) is 0 Å². The molecule has 7 heteroatoms. The number of rotatable bonds is 6. The standard InChI is InChI=1S/C22H22ClN3O2S/c1-14-12-18(28-16(14)3)21(27)26(10-6-9-25-7-4-5-8-25)22-24-20-15(2)11-17(23)13-19(20)29-22/h4-5,7-8,11-13H,6,9-10H2,1-3H3. The fourth-order valence-corrected chi connectivity index (χ4v) is 4.73. The van der Waals surface area contributed by atoms with E-state index < -0.39 is 0 Å². The van der Waals surface area contributed by atoms with Gasteiger partial charge in [0, 0.05) is 30.5 Å². The summed E-state index contributed by atoms with van der Waals surface area (Å²) >= 11 is 7.69. The van der Waals surface area contributed by atoms with Crippen molar-refractivity contribution in [2.75, 3.05) is 11.4 Å². The van der Waals surface area contributed by atoms with E-state index in [0.717, 1.165) is 40.1 Å². The smallest absolute Gasteiger partial charge is 0.295 e. The molecule has 1 aromatic carbocycles. The Morgan fingerprint density at radius 2 is 1.93 bits per heavy atom. The minimum absolute atomic E-state index is 0.170. The molecule has 3 aromatic heterocycles. The van der Waals surface area contributed by atoms with Crippen LogP contribution in [0.2, 0.25) is 5.02 Å². The van der Waals surface area contributed by atoms with Gasteiger partial charge in [-0.2, -0.15) is 0 Å². The topological polar surface area (TPSA) is 51.3 Å². The average molecular weight is 428 g/mol. The predicted octanol–water partition coefficient (Wildman–Crippen LogP) is 6.01. The van der Waals surface area contributed by atoms with Crippen molar-refractivity contribution in [3.05, 3.63) is 70.4 Å². The lowest BCUT2D eigenvalue weighted by Crippen LogP contribution is -2.32. The molecule has 0 atom stereocenters. The highest BCUT2D eigenvalue weighted by Crippen LogP contribution is 2.34. The number of carbonyl (C=O) groups excluding carboxylic acids is 1. The van der Waals surface area contributed by atoms with E-state index in [1.807, 2.05) is 57.4 Å². The fourth-order valence-electron chi connectivity index (χ4n) is 3.28. The van der Waals surface area contributed by atoms with Crippen molar-refractivity contribution in [2.24, 2.45) is 0 Å². The molecule has 1 amide bonds. The normalized spacial score (nSPS) is 11.3. The fraction of sp³-hybridized carbons (Fsp3) is 0.273. The van der Waals surface area contributed by atoms with E-state index in [9.17, 15) is 4.79 Å². The van der Waals surface area contributed by atoms with Gasteiger partial charge in [0.15, 0.2) is 10.9 Å². The molecule has 0 aliphatic heterocycles. The van der Waals surface area contributed by atoms with Crippen LogP contribution in [0.15, 0.2) is 47.1 Å². The average Bonchev–Trinajstić information content (AvgIpc) is 3.39. The second-order valence-corrected chi connectivity index (χ2v) is 8.59. The van der Waals surface area contributed by atoms with Gasteiger partial charge in [-0.15, -0.1) is 0 Å². The predicted molar refractivity (Wildman–Crippen MR) is 118 cm³/mol. The van der Waals surface area contributed by atoms with Gasteiger partial charge in [-0.25, -0.2) is 4.98 Å². The van der Waals surface area contributed by atoms with E-state index in [4.69, 9.17) is 21.0 Å². The molecule has 0 unspecified atom stereocenters. The molecule has 150 valence electrons. The first-order valence-electron chi connectivity index (χ1n) is 9.48. The van der Waals surface area contributed by atoms with Crippen LogP contribution >= 0.6 is 22.9 Å². The summed E-state index contributed by atoms with van der Waals surface area (Å²) in [7, 11) is 0. The Bertz CT molecular complexity index is 1140. The molecule has 4 rings (SSSR count). The third kappa shape index (κ3) is 4.09. The minimum Gasteiger partial charge on any atom is -0.456 e. The Morgan fingerprint density at radius 3 is 2.62 bits per heavy atom. The van der Waals surface area contributed by atoms with Crippen molar-refractivity contribution < 1.29 is 9.21 Å². The summed E-state index contributed by atoms with van der Waals surface area (Å²) < 4.78 is 8.78. The first kappa shape index (κ1) is 19.7. The van der Waals surface area contributed by atoms with Crippen LogP contribution in [-0.2, 0) is 6.54 Å². The first-order valence-corrected chi connectivity index (χ1v) is 10.7. The highest BCUT2D eigenvalue weighted by atomic mass is 35.5. The minimum atomic E-state index is -0.170. The van der Waals surface area contributed by atoms with Crippen molar-refractivity contribution in [3.8, 4) is 0 Å². The van der Waals surface area contributed by atoms with Crippen LogP contribution < -0.4 is 4.90 Å². The van der Waals surface area contributed by atoms with Crippen LogP contribution in [0.3, 0.4) is 0 Å². The number of nitrogens with zero attached hydrogens (tertiary/aromatic N) is 3. The third-order valence-corrected chi connectivity index (χ3v) is 6.20. The maximum absolute atomic E-state index is 13.3. The summed E-state index contributed by atoms with van der Waals surface area (Å²) in [6.45, 7) is 7.15. The summed E-state index contributed by atoms with van der Waals surface area (Å²) in [5, 5.41) is 1.34. The molecule has 0 aliphatic carbocycles. The zero-order chi connectivity index (χ0) is 20.5. The number of carbonyl (C=O) groups is 1. The Hall–Kier alpha value is -2.57. The number of anilines is 1. The molecule has 0 bridgehead atoms. The van der Waals surface area contributed by atoms with Gasteiger partial charge in [0.1, 0.15) is 5.76 Å². The number of thiazole rings is 1. The molecule has 0 spiro atoms. The summed E-state index contributed by atoms with van der Waals surface area (Å²) in [5.74, 6) is 0.930. The Labute approximate surface area is 178 Å². The van der Waals surface area contributed by atoms with Gasteiger partial charge in [0.25, 0.3) is 5.91 Å². The number of furan rings is 1. The monoisotopic (exact) mass is 427 g/mol. The first-order chi connectivity index (χ1) is 13.9. The van der Waals surface area contributed by atoms with Crippen LogP contribution in [0.25, 0.3) is 10.2 Å². The molecule has 29 heavy (non-hydrogen) atoms. The molecule has 0 saturated heterocycles. The molecule has 5 nitrogen and oxygen atoms in total. The number of fused-ring (bicyclic) bond motifs is 1. The summed E-state index contributed by atoms with van der Waals surface area (Å²) in [6, 6.07) is 9.58. The van der Waals surface area contributed by atoms with E-state index in [0.29, 0.717) is 22.5 Å². The lowest BCUT2D eigenvalue weighted by Gasteiger charge is -2.18. The van der Waals surface area contributed by atoms with E-state index >= 15 is 0 Å². The lowest BCUT2D eigenvalue weighted by atomic mass is 10.2. The van der Waals surface area contributed by atoms with Gasteiger partial charge in [0.05, 0.1) is 10.2 Å². The molecule has 0 fully saturated rings. The highest BCUT2D eigenvalue weighted by Gasteiger charge is 2.24. The van der Waals surface area contributed by atoms with Crippen molar-refractivity contribution >= 4 is 44.2 Å². The van der Waals surface area contributed by atoms with Crippen LogP contribution in [-0.4, -0.2) is 22.0 Å². The summed E-state index contributed by atoms with van der Waals surface area (Å²) in [4.78, 5) is 19.8. The van der Waals surface area contributed by atoms with Crippen LogP contribution in [0, 0.1) is 20.8 Å². The van der Waals surface area contributed by atoms with Gasteiger partial charge in [0.2, 0.25) is 0 Å². The van der Waals surface area contributed by atoms with Crippen molar-refractivity contribution in [1.82, 2.24) is 9.55 Å². The third-order valence-electron chi connectivity index (χ3n) is 4.96. The quantitative estimate of drug-likeness (QED) is 0.378. The second-order valence-electron chi connectivity index (χ2n) is 7.15. The summed E-state index contributed by atoms with van der Waals surface area (Å²) in [6.07, 6.45) is 4.84. The Kier molecular flexibility index (Phi) is 5.48. The van der Waals surface area contributed by atoms with Gasteiger partial charge < -0.3 is 8.98 Å². The van der Waals surface area contributed by atoms with Gasteiger partial charge in [-0.3, -0.25) is 9.69 Å². The number of hydrogen-bond acceptors (Lipinski definition) is 4. The SMILES string of the molecule is Cc1cc(C(=O)N(CCCn2cccc2)c2nc3c(C)cc(Cl)cc3s2)oc1C. The van der Waals surface area contributed by atoms with Crippen molar-refractivity contribution in [1.29, 1.82) is 0 Å². The molecular formula is C22H22ClN3O2S. The number of benzene rings is 1. The van der Waals surface area contributed by atoms with E-state index in [2.05, 4.69) is 4.57 Å². The molecule has 0 N–H and O–H groups in total. The second kappa shape index (κ2) is 8.05.